The van der Waals surface area contributed by atoms with Crippen molar-refractivity contribution < 1.29 is 55.2 Å². The molecular weight excluding hydrogens is 480 g/mol. The van der Waals surface area contributed by atoms with Crippen molar-refractivity contribution in [2.75, 3.05) is 13.7 Å². The third-order valence-electron chi connectivity index (χ3n) is 3.72. The largest absolute Gasteiger partial charge is 0.490 e. The number of rotatable bonds is 9. The van der Waals surface area contributed by atoms with E-state index in [9.17, 15) is 37.5 Å². The lowest BCUT2D eigenvalue weighted by Crippen LogP contribution is -2.35. The first-order chi connectivity index (χ1) is 13.6. The van der Waals surface area contributed by atoms with Gasteiger partial charge in [0.25, 0.3) is 5.56 Å². The molecule has 0 aromatic carbocycles. The van der Waals surface area contributed by atoms with Crippen LogP contribution in [-0.4, -0.2) is 44.1 Å². The van der Waals surface area contributed by atoms with Crippen LogP contribution in [0.15, 0.2) is 15.8 Å². The first kappa shape index (κ1) is 25.2. The molecule has 3 unspecified atom stereocenters. The molecule has 30 heavy (non-hydrogen) atoms. The molecule has 1 saturated heterocycles. The van der Waals surface area contributed by atoms with Crippen molar-refractivity contribution in [3.8, 4) is 0 Å². The van der Waals surface area contributed by atoms with E-state index < -0.39 is 65.4 Å². The molecule has 0 radical (unpaired) electrons. The summed E-state index contributed by atoms with van der Waals surface area (Å²) in [6.07, 6.45) is -1.21. The molecule has 2 heterocycles. The molecule has 1 aliphatic rings. The number of ether oxygens (including phenoxy) is 1. The SMILES string of the molecule is COP(=O)(O)OP(=O)(O)OP(=O)(O)OC[C@@H]1C[C@H](C)[C@H](n2cc(F)c(=O)[nH]c2=O)O1. The number of nitrogens with zero attached hydrogens (tertiary/aromatic N) is 1. The summed E-state index contributed by atoms with van der Waals surface area (Å²) in [4.78, 5) is 52.5. The zero-order chi connectivity index (χ0) is 22.9. The maximum absolute atomic E-state index is 13.5. The first-order valence-corrected chi connectivity index (χ1v) is 12.4. The van der Waals surface area contributed by atoms with E-state index in [1.807, 2.05) is 0 Å². The number of aromatic nitrogens is 2. The van der Waals surface area contributed by atoms with Crippen LogP contribution < -0.4 is 11.2 Å². The topological polar surface area (TPSA) is 213 Å². The van der Waals surface area contributed by atoms with Crippen LogP contribution in [0.1, 0.15) is 19.6 Å². The van der Waals surface area contributed by atoms with Gasteiger partial charge in [-0.3, -0.25) is 23.4 Å². The molecule has 1 aromatic rings. The van der Waals surface area contributed by atoms with Crippen LogP contribution in [0.4, 0.5) is 4.39 Å². The average molecular weight is 498 g/mol. The smallest absolute Gasteiger partial charge is 0.352 e. The van der Waals surface area contributed by atoms with Crippen molar-refractivity contribution in [3.05, 3.63) is 32.9 Å². The zero-order valence-electron chi connectivity index (χ0n) is 15.3. The Hall–Kier alpha value is -1.02. The van der Waals surface area contributed by atoms with E-state index in [-0.39, 0.29) is 6.42 Å². The van der Waals surface area contributed by atoms with Gasteiger partial charge in [0.2, 0.25) is 5.82 Å². The highest BCUT2D eigenvalue weighted by atomic mass is 31.3. The monoisotopic (exact) mass is 498 g/mol. The lowest BCUT2D eigenvalue weighted by atomic mass is 10.1. The molecule has 6 atom stereocenters. The molecule has 0 aliphatic carbocycles. The van der Waals surface area contributed by atoms with E-state index in [0.29, 0.717) is 13.3 Å². The number of hydrogen-bond acceptors (Lipinski definition) is 10. The number of aromatic amines is 1. The van der Waals surface area contributed by atoms with Crippen LogP contribution >= 0.6 is 23.5 Å². The van der Waals surface area contributed by atoms with Gasteiger partial charge in [0, 0.05) is 13.0 Å². The van der Waals surface area contributed by atoms with Crippen molar-refractivity contribution in [2.24, 2.45) is 5.92 Å². The molecule has 0 saturated carbocycles. The van der Waals surface area contributed by atoms with Gasteiger partial charge in [-0.2, -0.15) is 13.0 Å². The van der Waals surface area contributed by atoms with Gasteiger partial charge in [0.05, 0.1) is 18.9 Å². The summed E-state index contributed by atoms with van der Waals surface area (Å²) in [6, 6.07) is 0. The molecule has 15 nitrogen and oxygen atoms in total. The van der Waals surface area contributed by atoms with Crippen LogP contribution in [0.25, 0.3) is 0 Å². The Morgan fingerprint density at radius 2 is 1.80 bits per heavy atom. The second-order valence-corrected chi connectivity index (χ2v) is 10.8. The van der Waals surface area contributed by atoms with Gasteiger partial charge in [-0.1, -0.05) is 6.92 Å². The Kier molecular flexibility index (Phi) is 7.76. The lowest BCUT2D eigenvalue weighted by molar-refractivity contribution is -0.0336. The van der Waals surface area contributed by atoms with E-state index in [4.69, 9.17) is 9.63 Å². The Morgan fingerprint density at radius 1 is 1.20 bits per heavy atom. The number of phosphoric acid groups is 3. The number of hydrogen-bond donors (Lipinski definition) is 4. The minimum atomic E-state index is -5.54. The minimum absolute atomic E-state index is 0.140. The second-order valence-electron chi connectivity index (χ2n) is 6.05. The van der Waals surface area contributed by atoms with Gasteiger partial charge in [-0.05, 0) is 6.42 Å². The molecule has 0 bridgehead atoms. The zero-order valence-corrected chi connectivity index (χ0v) is 18.0. The maximum Gasteiger partial charge on any atom is 0.490 e. The fourth-order valence-corrected chi connectivity index (χ4v) is 5.81. The molecule has 19 heteroatoms. The molecule has 172 valence electrons. The second kappa shape index (κ2) is 9.23. The van der Waals surface area contributed by atoms with Crippen molar-refractivity contribution in [1.29, 1.82) is 0 Å². The fraction of sp³-hybridized carbons (Fsp3) is 0.636. The van der Waals surface area contributed by atoms with E-state index in [1.165, 1.54) is 0 Å². The van der Waals surface area contributed by atoms with Crippen molar-refractivity contribution in [1.82, 2.24) is 9.55 Å². The number of H-pyrrole nitrogens is 1. The Morgan fingerprint density at radius 3 is 2.40 bits per heavy atom. The number of phosphoric ester groups is 2. The molecule has 0 spiro atoms. The molecule has 0 amide bonds. The van der Waals surface area contributed by atoms with Crippen LogP contribution in [0.5, 0.6) is 0 Å². The van der Waals surface area contributed by atoms with Gasteiger partial charge < -0.3 is 19.4 Å². The third-order valence-corrected chi connectivity index (χ3v) is 7.96. The van der Waals surface area contributed by atoms with Gasteiger partial charge >= 0.3 is 29.2 Å². The molecule has 1 aromatic heterocycles. The van der Waals surface area contributed by atoms with Crippen molar-refractivity contribution in [3.63, 3.8) is 0 Å². The van der Waals surface area contributed by atoms with Crippen LogP contribution in [-0.2, 0) is 36.1 Å². The van der Waals surface area contributed by atoms with Crippen LogP contribution in [0.3, 0.4) is 0 Å². The molecule has 4 N–H and O–H groups in total. The predicted molar refractivity (Wildman–Crippen MR) is 93.6 cm³/mol. The van der Waals surface area contributed by atoms with Crippen molar-refractivity contribution >= 4 is 23.5 Å². The molecule has 1 fully saturated rings. The Balaban J connectivity index is 2.01. The number of nitrogens with one attached hydrogen (secondary N) is 1. The maximum atomic E-state index is 13.5. The van der Waals surface area contributed by atoms with Gasteiger partial charge in [0.15, 0.2) is 0 Å². The van der Waals surface area contributed by atoms with Crippen LogP contribution in [0.2, 0.25) is 0 Å². The summed E-state index contributed by atoms with van der Waals surface area (Å²) in [5, 5.41) is 0. The fourth-order valence-electron chi connectivity index (χ4n) is 2.52. The lowest BCUT2D eigenvalue weighted by Gasteiger charge is -2.19. The highest BCUT2D eigenvalue weighted by Gasteiger charge is 2.43. The predicted octanol–water partition coefficient (Wildman–Crippen LogP) is 0.597. The standard InChI is InChI=1S/C11H18FN2O13P3/c1-6-3-7(25-10(6)14-4-8(12)9(15)13-11(14)16)5-24-29(19,20)27-30(21,22)26-28(17,18)23-2/h4,6-7,10H,3,5H2,1-2H3,(H,17,18)(H,19,20)(H,21,22)(H,13,15,16)/t6-,7-,10+/m0/s1. The Bertz CT molecular complexity index is 1040. The van der Waals surface area contributed by atoms with Crippen molar-refractivity contribution in [2.45, 2.75) is 25.7 Å². The highest BCUT2D eigenvalue weighted by molar-refractivity contribution is 7.66. The van der Waals surface area contributed by atoms with Gasteiger partial charge in [0.1, 0.15) is 6.23 Å². The van der Waals surface area contributed by atoms with E-state index >= 15 is 0 Å². The van der Waals surface area contributed by atoms with Gasteiger partial charge in [-0.15, -0.1) is 0 Å². The Labute approximate surface area is 167 Å². The third kappa shape index (κ3) is 6.74. The summed E-state index contributed by atoms with van der Waals surface area (Å²) >= 11 is 0. The average Bonchev–Trinajstić information content (AvgIpc) is 2.95. The summed E-state index contributed by atoms with van der Waals surface area (Å²) < 4.78 is 70.2. The minimum Gasteiger partial charge on any atom is -0.352 e. The van der Waals surface area contributed by atoms with E-state index in [1.54, 1.807) is 11.9 Å². The van der Waals surface area contributed by atoms with Gasteiger partial charge in [-0.25, -0.2) is 18.5 Å². The summed E-state index contributed by atoms with van der Waals surface area (Å²) in [6.45, 7) is 0.921. The number of halogens is 1. The van der Waals surface area contributed by atoms with Crippen LogP contribution in [0, 0.1) is 11.7 Å². The highest BCUT2D eigenvalue weighted by Crippen LogP contribution is 2.67. The summed E-state index contributed by atoms with van der Waals surface area (Å²) in [7, 11) is -15.2. The first-order valence-electron chi connectivity index (χ1n) is 7.92. The van der Waals surface area contributed by atoms with E-state index in [0.717, 1.165) is 4.57 Å². The quantitative estimate of drug-likeness (QED) is 0.344. The molecule has 2 rings (SSSR count). The molecular formula is C11H18FN2O13P3. The van der Waals surface area contributed by atoms with E-state index in [2.05, 4.69) is 17.7 Å². The summed E-state index contributed by atoms with van der Waals surface area (Å²) in [5.41, 5.74) is -2.15. The molecule has 1 aliphatic heterocycles. The summed E-state index contributed by atoms with van der Waals surface area (Å²) in [5.74, 6) is -1.66. The normalized spacial score (nSPS) is 27.9.